The third-order valence-corrected chi connectivity index (χ3v) is 4.48. The third-order valence-electron chi connectivity index (χ3n) is 4.48. The van der Waals surface area contributed by atoms with Gasteiger partial charge in [0.1, 0.15) is 12.0 Å². The van der Waals surface area contributed by atoms with Crippen LogP contribution in [0.4, 0.5) is 4.79 Å². The van der Waals surface area contributed by atoms with Crippen molar-refractivity contribution in [2.45, 2.75) is 20.0 Å². The normalized spacial score (nSPS) is 25.5. The van der Waals surface area contributed by atoms with Gasteiger partial charge in [-0.25, -0.2) is 4.79 Å². The van der Waals surface area contributed by atoms with Crippen LogP contribution >= 0.6 is 0 Å². The fourth-order valence-electron chi connectivity index (χ4n) is 3.11. The highest BCUT2D eigenvalue weighted by molar-refractivity contribution is 6.09. The number of fused-ring (bicyclic) bond motifs is 1. The number of likely N-dealkylation sites (tertiary alicyclic amines) is 1. The number of ketones is 1. The Morgan fingerprint density at radius 1 is 1.26 bits per heavy atom. The summed E-state index contributed by atoms with van der Waals surface area (Å²) in [6.07, 6.45) is -0.0563. The Kier molecular flexibility index (Phi) is 4.07. The number of carbonyl (C=O) groups excluding carboxylic acids is 3. The van der Waals surface area contributed by atoms with Gasteiger partial charge in [-0.15, -0.1) is 0 Å². The fraction of sp³-hybridized carbons (Fsp3) is 0.471. The smallest absolute Gasteiger partial charge is 0.410 e. The minimum absolute atomic E-state index is 0.0943. The van der Waals surface area contributed by atoms with Gasteiger partial charge >= 0.3 is 12.1 Å². The molecule has 2 unspecified atom stereocenters. The second-order valence-electron chi connectivity index (χ2n) is 5.94. The van der Waals surface area contributed by atoms with Crippen molar-refractivity contribution in [1.82, 2.24) is 4.90 Å². The number of nitrogens with zero attached hydrogens (tertiary/aromatic N) is 1. The number of esters is 1. The first-order valence-electron chi connectivity index (χ1n) is 7.74. The molecule has 0 bridgehead atoms. The standard InChI is InChI=1S/C17H19NO5/c1-2-22-15(20)17-8-13(17)9-18(10-14(17)19)16(21)23-11-12-6-4-3-5-7-12/h3-7,13H,2,8-11H2,1H3. The summed E-state index contributed by atoms with van der Waals surface area (Å²) in [5.74, 6) is -0.844. The van der Waals surface area contributed by atoms with E-state index in [-0.39, 0.29) is 31.5 Å². The molecule has 1 amide bonds. The largest absolute Gasteiger partial charge is 0.465 e. The predicted molar refractivity (Wildman–Crippen MR) is 80.4 cm³/mol. The van der Waals surface area contributed by atoms with Crippen LogP contribution in [0.1, 0.15) is 18.9 Å². The van der Waals surface area contributed by atoms with Crippen LogP contribution in [0.5, 0.6) is 0 Å². The van der Waals surface area contributed by atoms with Crippen LogP contribution in [-0.4, -0.2) is 42.4 Å². The second-order valence-corrected chi connectivity index (χ2v) is 5.94. The minimum atomic E-state index is -1.01. The van der Waals surface area contributed by atoms with Gasteiger partial charge in [0.25, 0.3) is 0 Å². The summed E-state index contributed by atoms with van der Waals surface area (Å²) in [6.45, 7) is 2.40. The van der Waals surface area contributed by atoms with Crippen molar-refractivity contribution in [1.29, 1.82) is 0 Å². The summed E-state index contributed by atoms with van der Waals surface area (Å²) in [6, 6.07) is 9.34. The van der Waals surface area contributed by atoms with E-state index in [1.807, 2.05) is 30.3 Å². The average molecular weight is 317 g/mol. The molecule has 0 N–H and O–H groups in total. The molecule has 6 heteroatoms. The number of Topliss-reactive ketones (excluding diaryl/α,β-unsaturated/α-hetero) is 1. The molecular formula is C17H19NO5. The molecule has 2 atom stereocenters. The Balaban J connectivity index is 1.57. The molecule has 0 radical (unpaired) electrons. The molecule has 122 valence electrons. The molecule has 1 aromatic rings. The zero-order valence-electron chi connectivity index (χ0n) is 13.0. The molecule has 0 spiro atoms. The summed E-state index contributed by atoms with van der Waals surface area (Å²) in [5, 5.41) is 0. The zero-order chi connectivity index (χ0) is 16.4. The molecule has 1 aliphatic carbocycles. The number of carbonyl (C=O) groups is 3. The highest BCUT2D eigenvalue weighted by Crippen LogP contribution is 2.56. The number of hydrogen-bond acceptors (Lipinski definition) is 5. The number of rotatable bonds is 4. The van der Waals surface area contributed by atoms with Gasteiger partial charge in [-0.1, -0.05) is 30.3 Å². The number of amides is 1. The SMILES string of the molecule is CCOC(=O)C12CC1CN(C(=O)OCc1ccccc1)CC2=O. The van der Waals surface area contributed by atoms with Crippen LogP contribution in [0.25, 0.3) is 0 Å². The molecule has 2 fully saturated rings. The Bertz CT molecular complexity index is 629. The van der Waals surface area contributed by atoms with Gasteiger partial charge in [-0.05, 0) is 18.9 Å². The highest BCUT2D eigenvalue weighted by atomic mass is 16.6. The first-order valence-corrected chi connectivity index (χ1v) is 7.74. The number of ether oxygens (including phenoxy) is 2. The van der Waals surface area contributed by atoms with Gasteiger partial charge in [0, 0.05) is 12.5 Å². The van der Waals surface area contributed by atoms with Crippen molar-refractivity contribution < 1.29 is 23.9 Å². The van der Waals surface area contributed by atoms with Crippen LogP contribution in [0, 0.1) is 11.3 Å². The molecule has 6 nitrogen and oxygen atoms in total. The second kappa shape index (κ2) is 6.02. The summed E-state index contributed by atoms with van der Waals surface area (Å²) in [5.41, 5.74) is -0.122. The molecular weight excluding hydrogens is 298 g/mol. The Morgan fingerprint density at radius 3 is 2.65 bits per heavy atom. The van der Waals surface area contributed by atoms with Crippen molar-refractivity contribution in [3.8, 4) is 0 Å². The van der Waals surface area contributed by atoms with Gasteiger partial charge in [-0.3, -0.25) is 9.59 Å². The van der Waals surface area contributed by atoms with Crippen molar-refractivity contribution in [2.24, 2.45) is 11.3 Å². The molecule has 3 rings (SSSR count). The first kappa shape index (κ1) is 15.5. The summed E-state index contributed by atoms with van der Waals surface area (Å²) in [7, 11) is 0. The molecule has 2 aliphatic rings. The van der Waals surface area contributed by atoms with Gasteiger partial charge in [-0.2, -0.15) is 0 Å². The van der Waals surface area contributed by atoms with Gasteiger partial charge in [0.05, 0.1) is 13.2 Å². The van der Waals surface area contributed by atoms with E-state index >= 15 is 0 Å². The van der Waals surface area contributed by atoms with Gasteiger partial charge < -0.3 is 14.4 Å². The Hall–Kier alpha value is -2.37. The van der Waals surface area contributed by atoms with Gasteiger partial charge in [0.15, 0.2) is 5.78 Å². The first-order chi connectivity index (χ1) is 11.1. The van der Waals surface area contributed by atoms with Gasteiger partial charge in [0.2, 0.25) is 0 Å². The third kappa shape index (κ3) is 2.81. The van der Waals surface area contributed by atoms with E-state index in [0.29, 0.717) is 13.0 Å². The maximum Gasteiger partial charge on any atom is 0.410 e. The van der Waals surface area contributed by atoms with Crippen molar-refractivity contribution >= 4 is 17.8 Å². The molecule has 1 saturated carbocycles. The lowest BCUT2D eigenvalue weighted by Crippen LogP contribution is -2.48. The maximum absolute atomic E-state index is 12.3. The topological polar surface area (TPSA) is 72.9 Å². The molecule has 1 saturated heterocycles. The van der Waals surface area contributed by atoms with E-state index in [2.05, 4.69) is 0 Å². The lowest BCUT2D eigenvalue weighted by molar-refractivity contribution is -0.156. The Morgan fingerprint density at radius 2 is 2.00 bits per heavy atom. The van der Waals surface area contributed by atoms with E-state index in [1.54, 1.807) is 6.92 Å². The minimum Gasteiger partial charge on any atom is -0.465 e. The van der Waals surface area contributed by atoms with E-state index in [4.69, 9.17) is 9.47 Å². The number of hydrogen-bond donors (Lipinski definition) is 0. The van der Waals surface area contributed by atoms with Crippen LogP contribution in [-0.2, 0) is 25.7 Å². The predicted octanol–water partition coefficient (Wildman–Crippen LogP) is 1.78. The molecule has 1 aliphatic heterocycles. The molecule has 23 heavy (non-hydrogen) atoms. The maximum atomic E-state index is 12.3. The van der Waals surface area contributed by atoms with E-state index in [9.17, 15) is 14.4 Å². The van der Waals surface area contributed by atoms with Crippen molar-refractivity contribution in [2.75, 3.05) is 19.7 Å². The number of piperidine rings is 1. The van der Waals surface area contributed by atoms with Crippen molar-refractivity contribution in [3.05, 3.63) is 35.9 Å². The average Bonchev–Trinajstić information content (AvgIpc) is 3.30. The zero-order valence-corrected chi connectivity index (χ0v) is 13.0. The molecule has 1 aromatic carbocycles. The molecule has 0 aromatic heterocycles. The lowest BCUT2D eigenvalue weighted by atomic mass is 9.94. The fourth-order valence-corrected chi connectivity index (χ4v) is 3.11. The van der Waals surface area contributed by atoms with E-state index in [1.165, 1.54) is 4.90 Å². The number of benzene rings is 1. The quantitative estimate of drug-likeness (QED) is 0.625. The monoisotopic (exact) mass is 317 g/mol. The van der Waals surface area contributed by atoms with E-state index in [0.717, 1.165) is 5.56 Å². The van der Waals surface area contributed by atoms with Crippen LogP contribution < -0.4 is 0 Å². The van der Waals surface area contributed by atoms with Crippen LogP contribution in [0.2, 0.25) is 0 Å². The van der Waals surface area contributed by atoms with E-state index < -0.39 is 17.5 Å². The highest BCUT2D eigenvalue weighted by Gasteiger charge is 2.69. The lowest BCUT2D eigenvalue weighted by Gasteiger charge is -2.28. The molecule has 1 heterocycles. The van der Waals surface area contributed by atoms with Crippen LogP contribution in [0.3, 0.4) is 0 Å². The van der Waals surface area contributed by atoms with Crippen LogP contribution in [0.15, 0.2) is 30.3 Å². The summed E-state index contributed by atoms with van der Waals surface area (Å²) in [4.78, 5) is 37.8. The van der Waals surface area contributed by atoms with Crippen molar-refractivity contribution in [3.63, 3.8) is 0 Å². The summed E-state index contributed by atoms with van der Waals surface area (Å²) >= 11 is 0. The Labute approximate surface area is 134 Å². The summed E-state index contributed by atoms with van der Waals surface area (Å²) < 4.78 is 10.2.